The predicted octanol–water partition coefficient (Wildman–Crippen LogP) is 2.34. The summed E-state index contributed by atoms with van der Waals surface area (Å²) >= 11 is 0. The van der Waals surface area contributed by atoms with E-state index in [1.165, 1.54) is 12.8 Å². The lowest BCUT2D eigenvalue weighted by Crippen LogP contribution is -2.05. The second-order valence-electron chi connectivity index (χ2n) is 4.57. The highest BCUT2D eigenvalue weighted by Gasteiger charge is 2.20. The Kier molecular flexibility index (Phi) is 4.83. The van der Waals surface area contributed by atoms with Gasteiger partial charge >= 0.3 is 0 Å². The van der Waals surface area contributed by atoms with Crippen molar-refractivity contribution in [2.75, 3.05) is 19.8 Å². The maximum atomic E-state index is 5.64. The van der Waals surface area contributed by atoms with Gasteiger partial charge in [0.15, 0.2) is 0 Å². The first kappa shape index (κ1) is 12.4. The number of hydrogen-bond acceptors (Lipinski definition) is 3. The van der Waals surface area contributed by atoms with E-state index in [4.69, 9.17) is 15.2 Å². The minimum atomic E-state index is 0.557. The van der Waals surface area contributed by atoms with Crippen molar-refractivity contribution in [2.24, 2.45) is 11.7 Å². The van der Waals surface area contributed by atoms with Crippen molar-refractivity contribution >= 4 is 0 Å². The van der Waals surface area contributed by atoms with Crippen LogP contribution in [0.1, 0.15) is 24.8 Å². The second kappa shape index (κ2) is 6.62. The molecule has 0 heterocycles. The zero-order chi connectivity index (χ0) is 11.9. The van der Waals surface area contributed by atoms with Crippen molar-refractivity contribution in [3.63, 3.8) is 0 Å². The van der Waals surface area contributed by atoms with E-state index in [0.717, 1.165) is 36.9 Å². The fourth-order valence-corrected chi connectivity index (χ4v) is 1.65. The third-order valence-corrected chi connectivity index (χ3v) is 2.89. The van der Waals surface area contributed by atoms with Crippen molar-refractivity contribution in [3.8, 4) is 5.75 Å². The molecule has 2 N–H and O–H groups in total. The van der Waals surface area contributed by atoms with E-state index in [0.29, 0.717) is 13.2 Å². The molecule has 0 radical (unpaired) electrons. The second-order valence-corrected chi connectivity index (χ2v) is 4.57. The molecule has 0 amide bonds. The summed E-state index contributed by atoms with van der Waals surface area (Å²) in [5.41, 5.74) is 6.68. The van der Waals surface area contributed by atoms with Gasteiger partial charge in [0.2, 0.25) is 0 Å². The molecule has 1 aromatic carbocycles. The maximum absolute atomic E-state index is 5.64. The Hall–Kier alpha value is -1.06. The average Bonchev–Trinajstić information content (AvgIpc) is 3.18. The van der Waals surface area contributed by atoms with Crippen LogP contribution in [0.4, 0.5) is 0 Å². The summed E-state index contributed by atoms with van der Waals surface area (Å²) in [6.45, 7) is 3.00. The monoisotopic (exact) mass is 235 g/mol. The Balaban J connectivity index is 1.56. The van der Waals surface area contributed by atoms with Crippen LogP contribution in [-0.2, 0) is 11.3 Å². The number of rotatable bonds is 8. The average molecular weight is 235 g/mol. The van der Waals surface area contributed by atoms with Gasteiger partial charge in [0.25, 0.3) is 0 Å². The quantitative estimate of drug-likeness (QED) is 0.703. The summed E-state index contributed by atoms with van der Waals surface area (Å²) in [6, 6.07) is 7.93. The molecule has 1 aliphatic rings. The molecule has 0 bridgehead atoms. The maximum Gasteiger partial charge on any atom is 0.119 e. The highest BCUT2D eigenvalue weighted by atomic mass is 16.5. The van der Waals surface area contributed by atoms with Crippen molar-refractivity contribution in [1.29, 1.82) is 0 Å². The first-order valence-electron chi connectivity index (χ1n) is 6.38. The number of nitrogens with two attached hydrogens (primary N) is 1. The lowest BCUT2D eigenvalue weighted by molar-refractivity contribution is 0.111. The molecule has 0 aromatic heterocycles. The Morgan fingerprint density at radius 2 is 2.12 bits per heavy atom. The van der Waals surface area contributed by atoms with Crippen LogP contribution in [-0.4, -0.2) is 19.8 Å². The highest BCUT2D eigenvalue weighted by molar-refractivity contribution is 5.28. The minimum absolute atomic E-state index is 0.557. The summed E-state index contributed by atoms with van der Waals surface area (Å²) < 4.78 is 11.2. The molecule has 2 rings (SSSR count). The van der Waals surface area contributed by atoms with Crippen molar-refractivity contribution < 1.29 is 9.47 Å². The third kappa shape index (κ3) is 4.75. The first-order chi connectivity index (χ1) is 8.38. The van der Waals surface area contributed by atoms with Gasteiger partial charge in [0.05, 0.1) is 6.61 Å². The predicted molar refractivity (Wildman–Crippen MR) is 68.0 cm³/mol. The number of benzene rings is 1. The van der Waals surface area contributed by atoms with Crippen LogP contribution in [0.25, 0.3) is 0 Å². The van der Waals surface area contributed by atoms with Gasteiger partial charge in [-0.15, -0.1) is 0 Å². The summed E-state index contributed by atoms with van der Waals surface area (Å²) in [7, 11) is 0. The molecule has 1 aliphatic carbocycles. The normalized spacial score (nSPS) is 14.9. The van der Waals surface area contributed by atoms with Gasteiger partial charge in [-0.05, 0) is 36.5 Å². The molecule has 1 fully saturated rings. The van der Waals surface area contributed by atoms with Gasteiger partial charge in [0, 0.05) is 26.2 Å². The number of ether oxygens (including phenoxy) is 2. The molecular weight excluding hydrogens is 214 g/mol. The summed E-state index contributed by atoms with van der Waals surface area (Å²) in [4.78, 5) is 0. The van der Waals surface area contributed by atoms with Crippen LogP contribution in [0, 0.1) is 5.92 Å². The van der Waals surface area contributed by atoms with Gasteiger partial charge < -0.3 is 15.2 Å². The van der Waals surface area contributed by atoms with E-state index in [2.05, 4.69) is 0 Å². The smallest absolute Gasteiger partial charge is 0.119 e. The van der Waals surface area contributed by atoms with Crippen molar-refractivity contribution in [3.05, 3.63) is 29.8 Å². The number of hydrogen-bond donors (Lipinski definition) is 1. The van der Waals surface area contributed by atoms with Crippen LogP contribution in [0.5, 0.6) is 5.75 Å². The molecule has 0 aliphatic heterocycles. The van der Waals surface area contributed by atoms with Crippen molar-refractivity contribution in [1.82, 2.24) is 0 Å². The molecule has 94 valence electrons. The fraction of sp³-hybridized carbons (Fsp3) is 0.571. The van der Waals surface area contributed by atoms with Crippen LogP contribution in [0.2, 0.25) is 0 Å². The zero-order valence-electron chi connectivity index (χ0n) is 10.2. The minimum Gasteiger partial charge on any atom is -0.493 e. The van der Waals surface area contributed by atoms with Gasteiger partial charge in [0.1, 0.15) is 5.75 Å². The van der Waals surface area contributed by atoms with E-state index >= 15 is 0 Å². The van der Waals surface area contributed by atoms with Gasteiger partial charge in [-0.3, -0.25) is 0 Å². The standard InChI is InChI=1S/C14H21NO2/c15-10-13-3-1-4-14(9-13)17-8-2-7-16-11-12-5-6-12/h1,3-4,9,12H,2,5-8,10-11,15H2. The van der Waals surface area contributed by atoms with Crippen molar-refractivity contribution in [2.45, 2.75) is 25.8 Å². The Morgan fingerprint density at radius 3 is 2.88 bits per heavy atom. The lowest BCUT2D eigenvalue weighted by atomic mass is 10.2. The summed E-state index contributed by atoms with van der Waals surface area (Å²) in [5.74, 6) is 1.74. The van der Waals surface area contributed by atoms with Crippen LogP contribution < -0.4 is 10.5 Å². The summed E-state index contributed by atoms with van der Waals surface area (Å²) in [5, 5.41) is 0. The Bertz CT molecular complexity index is 337. The fourth-order valence-electron chi connectivity index (χ4n) is 1.65. The van der Waals surface area contributed by atoms with Crippen LogP contribution in [0.15, 0.2) is 24.3 Å². The third-order valence-electron chi connectivity index (χ3n) is 2.89. The van der Waals surface area contributed by atoms with E-state index in [1.807, 2.05) is 24.3 Å². The molecular formula is C14H21NO2. The molecule has 0 spiro atoms. The van der Waals surface area contributed by atoms with E-state index in [9.17, 15) is 0 Å². The lowest BCUT2D eigenvalue weighted by Gasteiger charge is -2.07. The molecule has 3 heteroatoms. The summed E-state index contributed by atoms with van der Waals surface area (Å²) in [6.07, 6.45) is 3.64. The SMILES string of the molecule is NCc1cccc(OCCCOCC2CC2)c1. The van der Waals surface area contributed by atoms with Gasteiger partial charge in [-0.2, -0.15) is 0 Å². The van der Waals surface area contributed by atoms with E-state index in [1.54, 1.807) is 0 Å². The van der Waals surface area contributed by atoms with Gasteiger partial charge in [-0.1, -0.05) is 12.1 Å². The molecule has 17 heavy (non-hydrogen) atoms. The van der Waals surface area contributed by atoms with Gasteiger partial charge in [-0.25, -0.2) is 0 Å². The first-order valence-corrected chi connectivity index (χ1v) is 6.38. The van der Waals surface area contributed by atoms with E-state index < -0.39 is 0 Å². The zero-order valence-corrected chi connectivity index (χ0v) is 10.2. The Morgan fingerprint density at radius 1 is 1.24 bits per heavy atom. The largest absolute Gasteiger partial charge is 0.493 e. The molecule has 1 aromatic rings. The topological polar surface area (TPSA) is 44.5 Å². The van der Waals surface area contributed by atoms with E-state index in [-0.39, 0.29) is 0 Å². The molecule has 0 atom stereocenters. The highest BCUT2D eigenvalue weighted by Crippen LogP contribution is 2.28. The van der Waals surface area contributed by atoms with Crippen LogP contribution in [0.3, 0.4) is 0 Å². The van der Waals surface area contributed by atoms with Crippen LogP contribution >= 0.6 is 0 Å². The molecule has 0 unspecified atom stereocenters. The molecule has 0 saturated heterocycles. The molecule has 3 nitrogen and oxygen atoms in total. The molecule has 1 saturated carbocycles. The Labute approximate surface area is 103 Å².